The van der Waals surface area contributed by atoms with Crippen molar-refractivity contribution in [2.75, 3.05) is 13.1 Å². The van der Waals surface area contributed by atoms with Crippen molar-refractivity contribution in [3.05, 3.63) is 0 Å². The maximum Gasteiger partial charge on any atom is 0.233 e. The van der Waals surface area contributed by atoms with Crippen molar-refractivity contribution in [3.8, 4) is 0 Å². The van der Waals surface area contributed by atoms with Gasteiger partial charge in [-0.15, -0.1) is 0 Å². The summed E-state index contributed by atoms with van der Waals surface area (Å²) in [4.78, 5) is 11.7. The highest BCUT2D eigenvalue weighted by Gasteiger charge is 2.22. The minimum atomic E-state index is 0.169. The first-order valence-corrected chi connectivity index (χ1v) is 7.76. The van der Waals surface area contributed by atoms with Crippen LogP contribution in [0.4, 0.5) is 0 Å². The van der Waals surface area contributed by atoms with E-state index in [0.717, 1.165) is 18.4 Å². The molecule has 0 unspecified atom stereocenters. The minimum absolute atomic E-state index is 0.169. The third-order valence-corrected chi connectivity index (χ3v) is 4.48. The third-order valence-electron chi connectivity index (χ3n) is 4.48. The summed E-state index contributed by atoms with van der Waals surface area (Å²) in [5, 5.41) is 6.43. The molecule has 2 saturated carbocycles. The lowest BCUT2D eigenvalue weighted by Crippen LogP contribution is -2.41. The molecule has 0 radical (unpaired) electrons. The van der Waals surface area contributed by atoms with Gasteiger partial charge in [0, 0.05) is 12.6 Å². The average molecular weight is 252 g/mol. The lowest BCUT2D eigenvalue weighted by atomic mass is 9.93. The van der Waals surface area contributed by atoms with E-state index >= 15 is 0 Å². The van der Waals surface area contributed by atoms with E-state index in [0.29, 0.717) is 12.6 Å². The molecule has 2 N–H and O–H groups in total. The Morgan fingerprint density at radius 2 is 1.78 bits per heavy atom. The largest absolute Gasteiger partial charge is 0.355 e. The summed E-state index contributed by atoms with van der Waals surface area (Å²) in [5.74, 6) is 1.71. The Kier molecular flexibility index (Phi) is 5.48. The van der Waals surface area contributed by atoms with E-state index in [4.69, 9.17) is 0 Å². The molecule has 18 heavy (non-hydrogen) atoms. The standard InChI is InChI=1S/C15H28N2O/c1-12(14-6-4-2-3-5-7-14)16-11-15(18)17-10-13-8-9-13/h12-14,16H,2-11H2,1H3,(H,17,18)/t12-/m0/s1. The second kappa shape index (κ2) is 7.13. The Morgan fingerprint density at radius 1 is 1.11 bits per heavy atom. The molecular weight excluding hydrogens is 224 g/mol. The van der Waals surface area contributed by atoms with Gasteiger partial charge in [-0.05, 0) is 44.4 Å². The van der Waals surface area contributed by atoms with Crippen molar-refractivity contribution in [1.82, 2.24) is 10.6 Å². The van der Waals surface area contributed by atoms with Gasteiger partial charge in [0.15, 0.2) is 0 Å². The fourth-order valence-electron chi connectivity index (χ4n) is 2.87. The molecule has 0 aromatic heterocycles. The molecule has 2 rings (SSSR count). The Morgan fingerprint density at radius 3 is 2.39 bits per heavy atom. The maximum absolute atomic E-state index is 11.7. The zero-order valence-corrected chi connectivity index (χ0v) is 11.7. The van der Waals surface area contributed by atoms with Crippen molar-refractivity contribution in [2.45, 2.75) is 64.3 Å². The van der Waals surface area contributed by atoms with Crippen LogP contribution in [0.3, 0.4) is 0 Å². The number of rotatable bonds is 6. The molecule has 2 aliphatic rings. The van der Waals surface area contributed by atoms with Gasteiger partial charge in [-0.3, -0.25) is 4.79 Å². The smallest absolute Gasteiger partial charge is 0.233 e. The molecule has 3 heteroatoms. The van der Waals surface area contributed by atoms with Gasteiger partial charge >= 0.3 is 0 Å². The highest BCUT2D eigenvalue weighted by Crippen LogP contribution is 2.27. The first-order chi connectivity index (χ1) is 8.75. The zero-order chi connectivity index (χ0) is 12.8. The molecule has 0 aliphatic heterocycles. The number of nitrogens with one attached hydrogen (secondary N) is 2. The average Bonchev–Trinajstić information content (AvgIpc) is 3.19. The van der Waals surface area contributed by atoms with Crippen molar-refractivity contribution >= 4 is 5.91 Å². The van der Waals surface area contributed by atoms with E-state index in [-0.39, 0.29) is 5.91 Å². The minimum Gasteiger partial charge on any atom is -0.355 e. The van der Waals surface area contributed by atoms with Gasteiger partial charge < -0.3 is 10.6 Å². The first kappa shape index (κ1) is 13.9. The number of hydrogen-bond donors (Lipinski definition) is 2. The van der Waals surface area contributed by atoms with Gasteiger partial charge in [0.1, 0.15) is 0 Å². The Bertz CT molecular complexity index is 255. The zero-order valence-electron chi connectivity index (χ0n) is 11.7. The quantitative estimate of drug-likeness (QED) is 0.713. The van der Waals surface area contributed by atoms with Crippen LogP contribution in [0.15, 0.2) is 0 Å². The maximum atomic E-state index is 11.7. The molecule has 0 heterocycles. The van der Waals surface area contributed by atoms with Crippen molar-refractivity contribution in [2.24, 2.45) is 11.8 Å². The summed E-state index contributed by atoms with van der Waals surface area (Å²) in [6.45, 7) is 3.62. The Hall–Kier alpha value is -0.570. The second-order valence-electron chi connectivity index (χ2n) is 6.17. The molecule has 0 bridgehead atoms. The monoisotopic (exact) mass is 252 g/mol. The molecule has 1 amide bonds. The number of amides is 1. The van der Waals surface area contributed by atoms with E-state index in [1.54, 1.807) is 0 Å². The van der Waals surface area contributed by atoms with Crippen molar-refractivity contribution < 1.29 is 4.79 Å². The van der Waals surface area contributed by atoms with Crippen molar-refractivity contribution in [1.29, 1.82) is 0 Å². The van der Waals surface area contributed by atoms with Gasteiger partial charge in [-0.25, -0.2) is 0 Å². The number of carbonyl (C=O) groups is 1. The van der Waals surface area contributed by atoms with Gasteiger partial charge in [-0.1, -0.05) is 25.7 Å². The van der Waals surface area contributed by atoms with E-state index < -0.39 is 0 Å². The molecule has 2 fully saturated rings. The normalized spacial score (nSPS) is 23.4. The summed E-state index contributed by atoms with van der Waals surface area (Å²) < 4.78 is 0. The fourth-order valence-corrected chi connectivity index (χ4v) is 2.87. The van der Waals surface area contributed by atoms with Gasteiger partial charge in [0.2, 0.25) is 5.91 Å². The topological polar surface area (TPSA) is 41.1 Å². The molecule has 104 valence electrons. The van der Waals surface area contributed by atoms with E-state index in [1.807, 2.05) is 0 Å². The van der Waals surface area contributed by atoms with Gasteiger partial charge in [0.05, 0.1) is 6.54 Å². The van der Waals surface area contributed by atoms with Crippen LogP contribution in [-0.2, 0) is 4.79 Å². The van der Waals surface area contributed by atoms with E-state index in [9.17, 15) is 4.79 Å². The summed E-state index contributed by atoms with van der Waals surface area (Å²) in [5.41, 5.74) is 0. The Balaban J connectivity index is 1.59. The molecule has 0 aromatic carbocycles. The number of hydrogen-bond acceptors (Lipinski definition) is 2. The SMILES string of the molecule is C[C@H](NCC(=O)NCC1CC1)C1CCCCCC1. The molecular formula is C15H28N2O. The van der Waals surface area contributed by atoms with E-state index in [2.05, 4.69) is 17.6 Å². The highest BCUT2D eigenvalue weighted by molar-refractivity contribution is 5.78. The van der Waals surface area contributed by atoms with Crippen LogP contribution in [-0.4, -0.2) is 25.0 Å². The fraction of sp³-hybridized carbons (Fsp3) is 0.933. The van der Waals surface area contributed by atoms with Gasteiger partial charge in [0.25, 0.3) is 0 Å². The van der Waals surface area contributed by atoms with Crippen LogP contribution in [0.25, 0.3) is 0 Å². The summed E-state index contributed by atoms with van der Waals surface area (Å²) in [6.07, 6.45) is 10.8. The third kappa shape index (κ3) is 4.97. The lowest BCUT2D eigenvalue weighted by molar-refractivity contribution is -0.120. The van der Waals surface area contributed by atoms with Crippen LogP contribution >= 0.6 is 0 Å². The molecule has 3 nitrogen and oxygen atoms in total. The van der Waals surface area contributed by atoms with Crippen molar-refractivity contribution in [3.63, 3.8) is 0 Å². The molecule has 0 aromatic rings. The van der Waals surface area contributed by atoms with Gasteiger partial charge in [-0.2, -0.15) is 0 Å². The molecule has 0 spiro atoms. The van der Waals surface area contributed by atoms with E-state index in [1.165, 1.54) is 51.4 Å². The predicted molar refractivity (Wildman–Crippen MR) is 74.4 cm³/mol. The molecule has 1 atom stereocenters. The Labute approximate surface area is 111 Å². The summed E-state index contributed by atoms with van der Waals surface area (Å²) in [6, 6.07) is 0.481. The molecule has 0 saturated heterocycles. The van der Waals surface area contributed by atoms with Crippen LogP contribution in [0, 0.1) is 11.8 Å². The van der Waals surface area contributed by atoms with Crippen LogP contribution in [0.1, 0.15) is 58.3 Å². The van der Waals surface area contributed by atoms with Crippen LogP contribution in [0.5, 0.6) is 0 Å². The van der Waals surface area contributed by atoms with Crippen LogP contribution < -0.4 is 10.6 Å². The number of carbonyl (C=O) groups excluding carboxylic acids is 1. The molecule has 2 aliphatic carbocycles. The lowest BCUT2D eigenvalue weighted by Gasteiger charge is -2.23. The first-order valence-electron chi connectivity index (χ1n) is 7.76. The van der Waals surface area contributed by atoms with Crippen LogP contribution in [0.2, 0.25) is 0 Å². The summed E-state index contributed by atoms with van der Waals surface area (Å²) in [7, 11) is 0. The highest BCUT2D eigenvalue weighted by atomic mass is 16.1. The predicted octanol–water partition coefficient (Wildman–Crippen LogP) is 2.46. The summed E-state index contributed by atoms with van der Waals surface area (Å²) >= 11 is 0. The second-order valence-corrected chi connectivity index (χ2v) is 6.17.